The third-order valence-electron chi connectivity index (χ3n) is 5.61. The smallest absolute Gasteiger partial charge is 0.292 e. The van der Waals surface area contributed by atoms with E-state index >= 15 is 0 Å². The van der Waals surface area contributed by atoms with Gasteiger partial charge in [-0.25, -0.2) is 0 Å². The number of carbonyl (C=O) groups is 2. The van der Waals surface area contributed by atoms with Crippen molar-refractivity contribution in [3.05, 3.63) is 0 Å². The average Bonchev–Trinajstić information content (AvgIpc) is 2.34. The van der Waals surface area contributed by atoms with E-state index in [2.05, 4.69) is 67.7 Å². The van der Waals surface area contributed by atoms with Crippen molar-refractivity contribution in [2.75, 3.05) is 0 Å². The van der Waals surface area contributed by atoms with Crippen LogP contribution >= 0.6 is 0 Å². The predicted molar refractivity (Wildman–Crippen MR) is 110 cm³/mol. The van der Waals surface area contributed by atoms with Gasteiger partial charge in [-0.2, -0.15) is 0 Å². The van der Waals surface area contributed by atoms with Gasteiger partial charge in [0.2, 0.25) is 0 Å². The third-order valence-corrected chi connectivity index (χ3v) is 14.3. The number of carbonyl (C=O) groups excluding carboxylic acids is 2. The Bertz CT molecular complexity index is 415. The van der Waals surface area contributed by atoms with E-state index in [1.807, 2.05) is 0 Å². The molecule has 148 valence electrons. The molecular weight excluding hydrogens is 348 g/mol. The van der Waals surface area contributed by atoms with Gasteiger partial charge in [-0.05, 0) is 49.1 Å². The SMILES string of the molecule is CC(C)(C)[Si](C)(C)OC(=O)CCCCCC(=O)O[Si](C)(C)C(C)(C)C. The van der Waals surface area contributed by atoms with Crippen LogP contribution < -0.4 is 0 Å². The molecule has 0 aromatic carbocycles. The van der Waals surface area contributed by atoms with Gasteiger partial charge in [0, 0.05) is 12.8 Å². The Morgan fingerprint density at radius 1 is 0.640 bits per heavy atom. The van der Waals surface area contributed by atoms with Gasteiger partial charge >= 0.3 is 0 Å². The van der Waals surface area contributed by atoms with Crippen molar-refractivity contribution < 1.29 is 18.4 Å². The highest BCUT2D eigenvalue weighted by Crippen LogP contribution is 2.37. The first-order chi connectivity index (χ1) is 11.0. The molecule has 0 rings (SSSR count). The van der Waals surface area contributed by atoms with Crippen LogP contribution in [-0.2, 0) is 18.4 Å². The minimum atomic E-state index is -2.02. The molecule has 0 aliphatic heterocycles. The van der Waals surface area contributed by atoms with Gasteiger partial charge in [0.15, 0.2) is 0 Å². The normalized spacial score (nSPS) is 13.5. The van der Waals surface area contributed by atoms with Crippen LogP contribution in [-0.4, -0.2) is 28.6 Å². The van der Waals surface area contributed by atoms with Crippen molar-refractivity contribution in [3.63, 3.8) is 0 Å². The molecule has 0 fully saturated rings. The zero-order valence-corrected chi connectivity index (χ0v) is 20.2. The van der Waals surface area contributed by atoms with Crippen LogP contribution in [0.3, 0.4) is 0 Å². The summed E-state index contributed by atoms with van der Waals surface area (Å²) in [5.74, 6) is -0.203. The second-order valence-corrected chi connectivity index (χ2v) is 19.5. The highest BCUT2D eigenvalue weighted by Gasteiger charge is 2.41. The maximum Gasteiger partial charge on any atom is 0.292 e. The fourth-order valence-electron chi connectivity index (χ4n) is 1.69. The van der Waals surface area contributed by atoms with Crippen LogP contribution in [0.2, 0.25) is 36.3 Å². The highest BCUT2D eigenvalue weighted by atomic mass is 28.4. The molecule has 0 spiro atoms. The van der Waals surface area contributed by atoms with Crippen LogP contribution in [0.15, 0.2) is 0 Å². The number of hydrogen-bond acceptors (Lipinski definition) is 4. The van der Waals surface area contributed by atoms with E-state index in [-0.39, 0.29) is 22.0 Å². The predicted octanol–water partition coefficient (Wildman–Crippen LogP) is 6.03. The first-order valence-electron chi connectivity index (χ1n) is 9.43. The molecular formula is C19H40O4Si2. The van der Waals surface area contributed by atoms with Crippen molar-refractivity contribution >= 4 is 28.6 Å². The van der Waals surface area contributed by atoms with E-state index in [1.165, 1.54) is 0 Å². The molecule has 6 heteroatoms. The summed E-state index contributed by atoms with van der Waals surface area (Å²) in [6.45, 7) is 21.1. The Morgan fingerprint density at radius 2 is 0.920 bits per heavy atom. The largest absolute Gasteiger partial charge is 0.519 e. The lowest BCUT2D eigenvalue weighted by atomic mass is 10.1. The van der Waals surface area contributed by atoms with Gasteiger partial charge in [-0.15, -0.1) is 0 Å². The fraction of sp³-hybridized carbons (Fsp3) is 0.895. The van der Waals surface area contributed by atoms with E-state index in [0.717, 1.165) is 19.3 Å². The third kappa shape index (κ3) is 8.53. The van der Waals surface area contributed by atoms with E-state index in [1.54, 1.807) is 0 Å². The van der Waals surface area contributed by atoms with Gasteiger partial charge in [0.1, 0.15) is 0 Å². The summed E-state index contributed by atoms with van der Waals surface area (Å²) in [6, 6.07) is 0. The Balaban J connectivity index is 4.08. The second kappa shape index (κ2) is 8.84. The summed E-state index contributed by atoms with van der Waals surface area (Å²) in [4.78, 5) is 24.1. The molecule has 4 nitrogen and oxygen atoms in total. The van der Waals surface area contributed by atoms with Crippen molar-refractivity contribution in [2.45, 2.75) is 110 Å². The standard InChI is InChI=1S/C19H40O4Si2/c1-18(2,3)24(7,8)22-16(20)14-12-11-13-15-17(21)23-25(9,10)19(4,5)6/h11-15H2,1-10H3. The topological polar surface area (TPSA) is 52.6 Å². The molecule has 25 heavy (non-hydrogen) atoms. The highest BCUT2D eigenvalue weighted by molar-refractivity contribution is 6.75. The first kappa shape index (κ1) is 24.4. The summed E-state index contributed by atoms with van der Waals surface area (Å²) >= 11 is 0. The zero-order chi connectivity index (χ0) is 20.1. The minimum Gasteiger partial charge on any atom is -0.519 e. The summed E-state index contributed by atoms with van der Waals surface area (Å²) in [5.41, 5.74) is 0. The maximum atomic E-state index is 12.0. The molecule has 0 saturated heterocycles. The molecule has 0 aromatic heterocycles. The lowest BCUT2D eigenvalue weighted by Gasteiger charge is -2.35. The number of rotatable bonds is 8. The van der Waals surface area contributed by atoms with Gasteiger partial charge in [0.05, 0.1) is 0 Å². The Kier molecular flexibility index (Phi) is 8.62. The molecule has 0 radical (unpaired) electrons. The van der Waals surface area contributed by atoms with Crippen molar-refractivity contribution in [3.8, 4) is 0 Å². The minimum absolute atomic E-state index is 0.0379. The van der Waals surface area contributed by atoms with E-state index in [9.17, 15) is 9.59 Å². The van der Waals surface area contributed by atoms with Crippen LogP contribution in [0.5, 0.6) is 0 Å². The van der Waals surface area contributed by atoms with Crippen molar-refractivity contribution in [2.24, 2.45) is 0 Å². The summed E-state index contributed by atoms with van der Waals surface area (Å²) in [6.07, 6.45) is 3.24. The number of hydrogen-bond donors (Lipinski definition) is 0. The summed E-state index contributed by atoms with van der Waals surface area (Å²) in [7, 11) is -4.04. The van der Waals surface area contributed by atoms with Crippen LogP contribution in [0, 0.1) is 0 Å². The van der Waals surface area contributed by atoms with E-state index in [4.69, 9.17) is 8.85 Å². The molecule has 0 heterocycles. The molecule has 0 saturated carbocycles. The zero-order valence-electron chi connectivity index (χ0n) is 18.2. The first-order valence-corrected chi connectivity index (χ1v) is 15.2. The Labute approximate surface area is 157 Å². The van der Waals surface area contributed by atoms with Gasteiger partial charge in [-0.1, -0.05) is 48.0 Å². The lowest BCUT2D eigenvalue weighted by molar-refractivity contribution is -0.136. The maximum absolute atomic E-state index is 12.0. The van der Waals surface area contributed by atoms with Crippen LogP contribution in [0.4, 0.5) is 0 Å². The molecule has 0 bridgehead atoms. The molecule has 0 N–H and O–H groups in total. The van der Waals surface area contributed by atoms with Crippen LogP contribution in [0.1, 0.15) is 73.6 Å². The fourth-order valence-corrected chi connectivity index (χ4v) is 3.65. The van der Waals surface area contributed by atoms with Crippen molar-refractivity contribution in [1.82, 2.24) is 0 Å². The van der Waals surface area contributed by atoms with E-state index < -0.39 is 16.6 Å². The molecule has 0 aromatic rings. The van der Waals surface area contributed by atoms with Crippen LogP contribution in [0.25, 0.3) is 0 Å². The molecule has 0 amide bonds. The monoisotopic (exact) mass is 388 g/mol. The van der Waals surface area contributed by atoms with E-state index in [0.29, 0.717) is 12.8 Å². The summed E-state index contributed by atoms with van der Waals surface area (Å²) in [5, 5.41) is 0.0757. The molecule has 0 aliphatic carbocycles. The summed E-state index contributed by atoms with van der Waals surface area (Å²) < 4.78 is 11.5. The average molecular weight is 389 g/mol. The molecule has 0 aliphatic rings. The lowest BCUT2D eigenvalue weighted by Crippen LogP contribution is -2.42. The quantitative estimate of drug-likeness (QED) is 0.376. The molecule has 0 unspecified atom stereocenters. The van der Waals surface area contributed by atoms with Gasteiger partial charge in [-0.3, -0.25) is 9.59 Å². The number of unbranched alkanes of at least 4 members (excludes halogenated alkanes) is 2. The van der Waals surface area contributed by atoms with Gasteiger partial charge < -0.3 is 8.85 Å². The Hall–Kier alpha value is -0.626. The molecule has 0 atom stereocenters. The second-order valence-electron chi connectivity index (χ2n) is 10.0. The van der Waals surface area contributed by atoms with Gasteiger partial charge in [0.25, 0.3) is 28.6 Å². The van der Waals surface area contributed by atoms with Crippen molar-refractivity contribution in [1.29, 1.82) is 0 Å². The Morgan fingerprint density at radius 3 is 1.16 bits per heavy atom.